The first-order chi connectivity index (χ1) is 8.22. The van der Waals surface area contributed by atoms with E-state index in [2.05, 4.69) is 35.5 Å². The smallest absolute Gasteiger partial charge is 0.127 e. The van der Waals surface area contributed by atoms with Gasteiger partial charge in [0, 0.05) is 31.0 Å². The summed E-state index contributed by atoms with van der Waals surface area (Å²) in [6.07, 6.45) is 7.34. The molecule has 1 aromatic rings. The third kappa shape index (κ3) is 3.35. The molecule has 0 aliphatic heterocycles. The minimum Gasteiger partial charge on any atom is -0.384 e. The Kier molecular flexibility index (Phi) is 3.87. The highest BCUT2D eigenvalue weighted by Gasteiger charge is 2.28. The number of nitrogens with one attached hydrogen (secondary N) is 2. The van der Waals surface area contributed by atoms with Crippen LogP contribution in [0, 0.1) is 5.41 Å². The Bertz CT molecular complexity index is 356. The van der Waals surface area contributed by atoms with Gasteiger partial charge < -0.3 is 10.6 Å². The summed E-state index contributed by atoms with van der Waals surface area (Å²) in [5, 5.41) is 6.78. The van der Waals surface area contributed by atoms with Crippen molar-refractivity contribution in [1.29, 1.82) is 0 Å². The number of hydrogen-bond acceptors (Lipinski definition) is 3. The van der Waals surface area contributed by atoms with Gasteiger partial charge in [0.2, 0.25) is 0 Å². The highest BCUT2D eigenvalue weighted by atomic mass is 15.0. The molecular weight excluding hydrogens is 210 g/mol. The van der Waals surface area contributed by atoms with Crippen LogP contribution in [0.3, 0.4) is 0 Å². The summed E-state index contributed by atoms with van der Waals surface area (Å²) in [5.74, 6) is 0.953. The molecule has 3 nitrogen and oxygen atoms in total. The van der Waals surface area contributed by atoms with Gasteiger partial charge in [0.1, 0.15) is 5.82 Å². The van der Waals surface area contributed by atoms with Crippen molar-refractivity contribution >= 4 is 11.5 Å². The lowest BCUT2D eigenvalue weighted by Gasteiger charge is -2.24. The van der Waals surface area contributed by atoms with Crippen LogP contribution in [0.2, 0.25) is 0 Å². The van der Waals surface area contributed by atoms with Crippen LogP contribution in [0.1, 0.15) is 39.5 Å². The molecule has 3 heteroatoms. The van der Waals surface area contributed by atoms with Crippen LogP contribution in [-0.2, 0) is 0 Å². The van der Waals surface area contributed by atoms with E-state index in [1.165, 1.54) is 31.4 Å². The zero-order chi connectivity index (χ0) is 12.1. The molecule has 0 spiro atoms. The average molecular weight is 233 g/mol. The first-order valence-electron chi connectivity index (χ1n) is 6.66. The first-order valence-corrected chi connectivity index (χ1v) is 6.66. The van der Waals surface area contributed by atoms with Crippen molar-refractivity contribution < 1.29 is 0 Å². The predicted octanol–water partition coefficient (Wildman–Crippen LogP) is 3.51. The Hall–Kier alpha value is -1.25. The summed E-state index contributed by atoms with van der Waals surface area (Å²) in [7, 11) is 0. The van der Waals surface area contributed by atoms with Crippen molar-refractivity contribution in [1.82, 2.24) is 4.98 Å². The molecule has 1 aromatic heterocycles. The third-order valence-corrected chi connectivity index (χ3v) is 3.65. The molecule has 1 aliphatic rings. The number of rotatable bonds is 5. The number of pyridine rings is 1. The Morgan fingerprint density at radius 2 is 2.06 bits per heavy atom. The van der Waals surface area contributed by atoms with Crippen molar-refractivity contribution in [2.45, 2.75) is 39.5 Å². The molecule has 0 unspecified atom stereocenters. The van der Waals surface area contributed by atoms with E-state index in [9.17, 15) is 0 Å². The molecule has 0 saturated heterocycles. The Balaban J connectivity index is 1.91. The van der Waals surface area contributed by atoms with Crippen molar-refractivity contribution in [3.05, 3.63) is 18.3 Å². The first kappa shape index (κ1) is 12.2. The molecule has 2 rings (SSSR count). The van der Waals surface area contributed by atoms with Gasteiger partial charge in [-0.1, -0.05) is 19.8 Å². The Morgan fingerprint density at radius 3 is 2.76 bits per heavy atom. The summed E-state index contributed by atoms with van der Waals surface area (Å²) in [6, 6.07) is 4.13. The van der Waals surface area contributed by atoms with Gasteiger partial charge in [-0.2, -0.15) is 0 Å². The fourth-order valence-corrected chi connectivity index (χ4v) is 2.54. The quantitative estimate of drug-likeness (QED) is 0.817. The maximum absolute atomic E-state index is 4.28. The van der Waals surface area contributed by atoms with Crippen LogP contribution in [0.4, 0.5) is 11.5 Å². The van der Waals surface area contributed by atoms with Gasteiger partial charge in [-0.25, -0.2) is 4.98 Å². The maximum atomic E-state index is 4.28. The average Bonchev–Trinajstić information content (AvgIpc) is 2.76. The van der Waals surface area contributed by atoms with Gasteiger partial charge in [-0.05, 0) is 31.2 Å². The molecule has 94 valence electrons. The van der Waals surface area contributed by atoms with Gasteiger partial charge in [0.15, 0.2) is 0 Å². The summed E-state index contributed by atoms with van der Waals surface area (Å²) in [6.45, 7) is 6.46. The second-order valence-corrected chi connectivity index (χ2v) is 5.33. The largest absolute Gasteiger partial charge is 0.384 e. The molecular formula is C14H23N3. The summed E-state index contributed by atoms with van der Waals surface area (Å²) >= 11 is 0. The number of hydrogen-bond donors (Lipinski definition) is 2. The Labute approximate surface area is 104 Å². The van der Waals surface area contributed by atoms with Crippen LogP contribution < -0.4 is 10.6 Å². The topological polar surface area (TPSA) is 37.0 Å². The molecule has 0 atom stereocenters. The second-order valence-electron chi connectivity index (χ2n) is 5.33. The van der Waals surface area contributed by atoms with E-state index in [-0.39, 0.29) is 0 Å². The fraction of sp³-hybridized carbons (Fsp3) is 0.643. The normalized spacial score (nSPS) is 18.0. The van der Waals surface area contributed by atoms with E-state index in [1.807, 2.05) is 12.3 Å². The van der Waals surface area contributed by atoms with Crippen molar-refractivity contribution in [2.24, 2.45) is 5.41 Å². The molecule has 1 aliphatic carbocycles. The van der Waals surface area contributed by atoms with E-state index in [1.54, 1.807) is 0 Å². The lowest BCUT2D eigenvalue weighted by atomic mass is 9.89. The minimum atomic E-state index is 0.488. The van der Waals surface area contributed by atoms with Crippen molar-refractivity contribution in [2.75, 3.05) is 23.7 Å². The lowest BCUT2D eigenvalue weighted by Crippen LogP contribution is -2.22. The molecule has 17 heavy (non-hydrogen) atoms. The molecule has 2 N–H and O–H groups in total. The highest BCUT2D eigenvalue weighted by molar-refractivity contribution is 5.51. The predicted molar refractivity (Wildman–Crippen MR) is 73.5 cm³/mol. The Morgan fingerprint density at radius 1 is 1.29 bits per heavy atom. The van der Waals surface area contributed by atoms with Crippen LogP contribution in [0.25, 0.3) is 0 Å². The van der Waals surface area contributed by atoms with E-state index >= 15 is 0 Å². The molecule has 0 amide bonds. The van der Waals surface area contributed by atoms with Crippen LogP contribution in [0.15, 0.2) is 18.3 Å². The third-order valence-electron chi connectivity index (χ3n) is 3.65. The van der Waals surface area contributed by atoms with Crippen LogP contribution in [0.5, 0.6) is 0 Å². The van der Waals surface area contributed by atoms with Crippen molar-refractivity contribution in [3.8, 4) is 0 Å². The zero-order valence-corrected chi connectivity index (χ0v) is 10.9. The standard InChI is InChI=1S/C14H23N3/c1-3-15-13-10-12(6-9-16-13)17-11-14(2)7-4-5-8-14/h6,9-10H,3-5,7-8,11H2,1-2H3,(H2,15,16,17). The number of nitrogens with zero attached hydrogens (tertiary/aromatic N) is 1. The number of aromatic nitrogens is 1. The highest BCUT2D eigenvalue weighted by Crippen LogP contribution is 2.37. The van der Waals surface area contributed by atoms with Crippen molar-refractivity contribution in [3.63, 3.8) is 0 Å². The van der Waals surface area contributed by atoms with Gasteiger partial charge in [-0.15, -0.1) is 0 Å². The van der Waals surface area contributed by atoms with Gasteiger partial charge >= 0.3 is 0 Å². The molecule has 1 heterocycles. The monoisotopic (exact) mass is 233 g/mol. The van der Waals surface area contributed by atoms with Gasteiger partial charge in [0.25, 0.3) is 0 Å². The number of anilines is 2. The molecule has 0 aromatic carbocycles. The summed E-state index contributed by atoms with van der Waals surface area (Å²) in [4.78, 5) is 4.28. The SMILES string of the molecule is CCNc1cc(NCC2(C)CCCC2)ccn1. The van der Waals surface area contributed by atoms with Gasteiger partial charge in [-0.3, -0.25) is 0 Å². The maximum Gasteiger partial charge on any atom is 0.127 e. The minimum absolute atomic E-state index is 0.488. The van der Waals surface area contributed by atoms with E-state index in [0.29, 0.717) is 5.41 Å². The molecule has 0 bridgehead atoms. The fourth-order valence-electron chi connectivity index (χ4n) is 2.54. The molecule has 1 fully saturated rings. The van der Waals surface area contributed by atoms with E-state index in [4.69, 9.17) is 0 Å². The zero-order valence-electron chi connectivity index (χ0n) is 10.9. The van der Waals surface area contributed by atoms with E-state index in [0.717, 1.165) is 18.9 Å². The second kappa shape index (κ2) is 5.39. The molecule has 0 radical (unpaired) electrons. The lowest BCUT2D eigenvalue weighted by molar-refractivity contribution is 0.362. The molecule has 1 saturated carbocycles. The van der Waals surface area contributed by atoms with Crippen LogP contribution in [-0.4, -0.2) is 18.1 Å². The summed E-state index contributed by atoms with van der Waals surface area (Å²) < 4.78 is 0. The van der Waals surface area contributed by atoms with Gasteiger partial charge in [0.05, 0.1) is 0 Å². The summed E-state index contributed by atoms with van der Waals surface area (Å²) in [5.41, 5.74) is 1.66. The van der Waals surface area contributed by atoms with E-state index < -0.39 is 0 Å². The van der Waals surface area contributed by atoms with Crippen LogP contribution >= 0.6 is 0 Å².